The number of nitrogens with zero attached hydrogens (tertiary/aromatic N) is 5. The summed E-state index contributed by atoms with van der Waals surface area (Å²) >= 11 is 1.39. The van der Waals surface area contributed by atoms with Gasteiger partial charge in [0.15, 0.2) is 0 Å². The van der Waals surface area contributed by atoms with Gasteiger partial charge in [-0.05, 0) is 60.9 Å². The van der Waals surface area contributed by atoms with Gasteiger partial charge in [0.25, 0.3) is 0 Å². The standard InChI is InChI=1S/C23H27N5OS/c1-17-13-14-21(18(2)15-17)28-23(24-25-26-28)30-16-22(29)27(19-9-5-3-6-10-19)20-11-7-4-8-12-20/h3,5-6,9-10,13-15,20H,4,7-8,11-12,16H2,1-2H3. The highest BCUT2D eigenvalue weighted by Gasteiger charge is 2.27. The summed E-state index contributed by atoms with van der Waals surface area (Å²) in [4.78, 5) is 15.3. The van der Waals surface area contributed by atoms with Crippen molar-refractivity contribution in [1.82, 2.24) is 20.2 Å². The Hall–Kier alpha value is -2.67. The molecule has 3 aromatic rings. The van der Waals surface area contributed by atoms with Crippen LogP contribution in [0.4, 0.5) is 5.69 Å². The van der Waals surface area contributed by atoms with Crippen molar-refractivity contribution in [3.05, 3.63) is 59.7 Å². The minimum Gasteiger partial charge on any atom is -0.309 e. The molecule has 0 radical (unpaired) electrons. The zero-order valence-electron chi connectivity index (χ0n) is 17.5. The topological polar surface area (TPSA) is 63.9 Å². The zero-order valence-corrected chi connectivity index (χ0v) is 18.3. The van der Waals surface area contributed by atoms with E-state index in [9.17, 15) is 4.79 Å². The molecule has 1 aliphatic rings. The second-order valence-corrected chi connectivity index (χ2v) is 8.79. The summed E-state index contributed by atoms with van der Waals surface area (Å²) in [7, 11) is 0. The van der Waals surface area contributed by atoms with Crippen molar-refractivity contribution in [3.8, 4) is 5.69 Å². The number of hydrogen-bond acceptors (Lipinski definition) is 5. The smallest absolute Gasteiger partial charge is 0.237 e. The van der Waals surface area contributed by atoms with Gasteiger partial charge in [0.2, 0.25) is 11.1 Å². The fourth-order valence-electron chi connectivity index (χ4n) is 4.15. The van der Waals surface area contributed by atoms with Crippen molar-refractivity contribution in [2.24, 2.45) is 0 Å². The highest BCUT2D eigenvalue weighted by atomic mass is 32.2. The first-order valence-electron chi connectivity index (χ1n) is 10.5. The molecule has 0 saturated heterocycles. The number of para-hydroxylation sites is 1. The molecule has 2 aromatic carbocycles. The first-order chi connectivity index (χ1) is 14.6. The van der Waals surface area contributed by atoms with Crippen LogP contribution in [0, 0.1) is 13.8 Å². The van der Waals surface area contributed by atoms with Crippen LogP contribution in [0.3, 0.4) is 0 Å². The number of hydrogen-bond donors (Lipinski definition) is 0. The number of aryl methyl sites for hydroxylation is 2. The summed E-state index contributed by atoms with van der Waals surface area (Å²) in [5, 5.41) is 12.8. The van der Waals surface area contributed by atoms with Crippen LogP contribution in [-0.2, 0) is 4.79 Å². The van der Waals surface area contributed by atoms with Crippen LogP contribution in [0.1, 0.15) is 43.2 Å². The van der Waals surface area contributed by atoms with Crippen LogP contribution in [0.25, 0.3) is 5.69 Å². The van der Waals surface area contributed by atoms with Crippen molar-refractivity contribution in [2.75, 3.05) is 10.7 Å². The fourth-order valence-corrected chi connectivity index (χ4v) is 4.89. The molecule has 1 saturated carbocycles. The molecule has 0 unspecified atom stereocenters. The summed E-state index contributed by atoms with van der Waals surface area (Å²) in [5.74, 6) is 0.407. The van der Waals surface area contributed by atoms with Gasteiger partial charge in [-0.15, -0.1) is 5.10 Å². The molecular formula is C23H27N5OS. The normalized spacial score (nSPS) is 14.6. The minimum atomic E-state index is 0.105. The molecule has 0 aliphatic heterocycles. The van der Waals surface area contributed by atoms with Crippen molar-refractivity contribution in [3.63, 3.8) is 0 Å². The van der Waals surface area contributed by atoms with Crippen molar-refractivity contribution >= 4 is 23.4 Å². The summed E-state index contributed by atoms with van der Waals surface area (Å²) in [6, 6.07) is 16.5. The minimum absolute atomic E-state index is 0.105. The van der Waals surface area contributed by atoms with E-state index in [0.717, 1.165) is 29.8 Å². The van der Waals surface area contributed by atoms with Gasteiger partial charge in [-0.3, -0.25) is 4.79 Å². The predicted octanol–water partition coefficient (Wildman–Crippen LogP) is 4.74. The predicted molar refractivity (Wildman–Crippen MR) is 120 cm³/mol. The van der Waals surface area contributed by atoms with Crippen LogP contribution in [0.5, 0.6) is 0 Å². The molecule has 4 rings (SSSR count). The van der Waals surface area contributed by atoms with Crippen LogP contribution in [0.15, 0.2) is 53.7 Å². The van der Waals surface area contributed by atoms with E-state index in [1.807, 2.05) is 54.3 Å². The van der Waals surface area contributed by atoms with E-state index in [0.29, 0.717) is 10.9 Å². The number of rotatable bonds is 6. The second kappa shape index (κ2) is 9.43. The first-order valence-corrected chi connectivity index (χ1v) is 11.5. The molecule has 156 valence electrons. The lowest BCUT2D eigenvalue weighted by Gasteiger charge is -2.34. The Morgan fingerprint density at radius 1 is 1.10 bits per heavy atom. The fraction of sp³-hybridized carbons (Fsp3) is 0.391. The van der Waals surface area contributed by atoms with Crippen LogP contribution < -0.4 is 4.90 Å². The van der Waals surface area contributed by atoms with Gasteiger partial charge in [-0.2, -0.15) is 4.68 Å². The van der Waals surface area contributed by atoms with E-state index in [1.165, 1.54) is 36.6 Å². The lowest BCUT2D eigenvalue weighted by atomic mass is 9.93. The summed E-state index contributed by atoms with van der Waals surface area (Å²) in [6.07, 6.45) is 5.74. The average molecular weight is 422 g/mol. The number of amides is 1. The third kappa shape index (κ3) is 4.56. The third-order valence-corrected chi connectivity index (χ3v) is 6.49. The van der Waals surface area contributed by atoms with E-state index in [-0.39, 0.29) is 11.9 Å². The lowest BCUT2D eigenvalue weighted by Crippen LogP contribution is -2.42. The molecule has 0 N–H and O–H groups in total. The number of carbonyl (C=O) groups excluding carboxylic acids is 1. The molecule has 1 aliphatic carbocycles. The van der Waals surface area contributed by atoms with Crippen LogP contribution >= 0.6 is 11.8 Å². The van der Waals surface area contributed by atoms with Crippen molar-refractivity contribution in [1.29, 1.82) is 0 Å². The summed E-state index contributed by atoms with van der Waals surface area (Å²) in [5.41, 5.74) is 4.21. The van der Waals surface area contributed by atoms with E-state index in [2.05, 4.69) is 28.5 Å². The van der Waals surface area contributed by atoms with Gasteiger partial charge < -0.3 is 4.90 Å². The van der Waals surface area contributed by atoms with Gasteiger partial charge in [0.1, 0.15) is 0 Å². The van der Waals surface area contributed by atoms with E-state index in [1.54, 1.807) is 4.68 Å². The largest absolute Gasteiger partial charge is 0.309 e. The van der Waals surface area contributed by atoms with E-state index in [4.69, 9.17) is 0 Å². The van der Waals surface area contributed by atoms with Gasteiger partial charge in [0.05, 0.1) is 11.4 Å². The monoisotopic (exact) mass is 421 g/mol. The molecule has 0 atom stereocenters. The molecular weight excluding hydrogens is 394 g/mol. The highest BCUT2D eigenvalue weighted by molar-refractivity contribution is 7.99. The van der Waals surface area contributed by atoms with Crippen LogP contribution in [0.2, 0.25) is 0 Å². The molecule has 7 heteroatoms. The number of thioether (sulfide) groups is 1. The zero-order chi connectivity index (χ0) is 20.9. The number of anilines is 1. The number of aromatic nitrogens is 4. The Morgan fingerprint density at radius 2 is 1.87 bits per heavy atom. The second-order valence-electron chi connectivity index (χ2n) is 7.84. The number of tetrazole rings is 1. The molecule has 30 heavy (non-hydrogen) atoms. The van der Waals surface area contributed by atoms with Crippen molar-refractivity contribution < 1.29 is 4.79 Å². The van der Waals surface area contributed by atoms with Gasteiger partial charge >= 0.3 is 0 Å². The maximum absolute atomic E-state index is 13.3. The van der Waals surface area contributed by atoms with Gasteiger partial charge in [-0.25, -0.2) is 0 Å². The maximum Gasteiger partial charge on any atom is 0.237 e. The molecule has 1 amide bonds. The molecule has 0 spiro atoms. The van der Waals surface area contributed by atoms with E-state index >= 15 is 0 Å². The Kier molecular flexibility index (Phi) is 6.47. The molecule has 1 aromatic heterocycles. The lowest BCUT2D eigenvalue weighted by molar-refractivity contribution is -0.116. The summed E-state index contributed by atoms with van der Waals surface area (Å²) in [6.45, 7) is 4.11. The molecule has 6 nitrogen and oxygen atoms in total. The van der Waals surface area contributed by atoms with E-state index < -0.39 is 0 Å². The number of carbonyl (C=O) groups is 1. The third-order valence-electron chi connectivity index (χ3n) is 5.59. The SMILES string of the molecule is Cc1ccc(-n2nnnc2SCC(=O)N(c2ccccc2)C2CCCCC2)c(C)c1. The van der Waals surface area contributed by atoms with Gasteiger partial charge in [0, 0.05) is 11.7 Å². The molecule has 1 heterocycles. The van der Waals surface area contributed by atoms with Gasteiger partial charge in [-0.1, -0.05) is 66.9 Å². The van der Waals surface area contributed by atoms with Crippen molar-refractivity contribution in [2.45, 2.75) is 57.1 Å². The quantitative estimate of drug-likeness (QED) is 0.538. The van der Waals surface area contributed by atoms with Crippen LogP contribution in [-0.4, -0.2) is 37.9 Å². The average Bonchev–Trinajstić information content (AvgIpc) is 3.22. The Balaban J connectivity index is 1.52. The summed E-state index contributed by atoms with van der Waals surface area (Å²) < 4.78 is 1.72. The molecule has 0 bridgehead atoms. The first kappa shape index (κ1) is 20.6. The Bertz CT molecular complexity index is 998. The molecule has 1 fully saturated rings. The Morgan fingerprint density at radius 3 is 2.60 bits per heavy atom. The Labute approximate surface area is 181 Å². The highest BCUT2D eigenvalue weighted by Crippen LogP contribution is 2.29. The maximum atomic E-state index is 13.3. The number of benzene rings is 2.